The lowest BCUT2D eigenvalue weighted by atomic mass is 9.76. The molecule has 0 radical (unpaired) electrons. The number of anilines is 2. The largest absolute Gasteiger partial charge is 0.480 e. The predicted octanol–water partition coefficient (Wildman–Crippen LogP) is 3.94. The Morgan fingerprint density at radius 3 is 2.29 bits per heavy atom. The van der Waals surface area contributed by atoms with Gasteiger partial charge in [0.15, 0.2) is 0 Å². The van der Waals surface area contributed by atoms with E-state index in [1.165, 1.54) is 0 Å². The van der Waals surface area contributed by atoms with Crippen molar-refractivity contribution in [1.29, 1.82) is 5.26 Å². The number of rotatable bonds is 5. The summed E-state index contributed by atoms with van der Waals surface area (Å²) >= 11 is 6.32. The molecule has 200 valence electrons. The Balaban J connectivity index is 1.16. The van der Waals surface area contributed by atoms with E-state index in [0.29, 0.717) is 48.4 Å². The Kier molecular flexibility index (Phi) is 7.51. The predicted molar refractivity (Wildman–Crippen MR) is 148 cm³/mol. The Morgan fingerprint density at radius 1 is 1.03 bits per heavy atom. The number of hydrogen-bond acceptors (Lipinski definition) is 6. The highest BCUT2D eigenvalue weighted by Crippen LogP contribution is 2.46. The van der Waals surface area contributed by atoms with Gasteiger partial charge in [-0.1, -0.05) is 11.6 Å². The van der Waals surface area contributed by atoms with Crippen LogP contribution in [0.1, 0.15) is 42.1 Å². The summed E-state index contributed by atoms with van der Waals surface area (Å²) in [6.07, 6.45) is 3.37. The second kappa shape index (κ2) is 10.8. The number of piperidine rings is 1. The number of carbonyl (C=O) groups is 2. The molecule has 1 amide bonds. The van der Waals surface area contributed by atoms with E-state index in [1.807, 2.05) is 52.3 Å². The highest BCUT2D eigenvalue weighted by molar-refractivity contribution is 6.32. The van der Waals surface area contributed by atoms with Crippen LogP contribution in [0.5, 0.6) is 0 Å². The Bertz CT molecular complexity index is 1230. The Labute approximate surface area is 229 Å². The maximum atomic E-state index is 13.0. The molecule has 3 heterocycles. The fraction of sp³-hybridized carbons (Fsp3) is 0.483. The highest BCUT2D eigenvalue weighted by Gasteiger charge is 2.44. The SMILES string of the molecule is CC1CC2(CCN(c3ccc(C(=O)N4CCN(CC(=O)O)CC4)cc3)CC2)CN1c1ccc(C#N)c(Cl)c1. The van der Waals surface area contributed by atoms with Gasteiger partial charge in [-0.05, 0) is 74.1 Å². The van der Waals surface area contributed by atoms with Gasteiger partial charge in [-0.15, -0.1) is 0 Å². The number of carboxylic acid groups (broad SMARTS) is 1. The van der Waals surface area contributed by atoms with Gasteiger partial charge in [0.2, 0.25) is 0 Å². The van der Waals surface area contributed by atoms with Gasteiger partial charge < -0.3 is 19.8 Å². The average molecular weight is 536 g/mol. The molecule has 0 bridgehead atoms. The van der Waals surface area contributed by atoms with Gasteiger partial charge in [0.05, 0.1) is 17.1 Å². The van der Waals surface area contributed by atoms with Crippen molar-refractivity contribution < 1.29 is 14.7 Å². The summed E-state index contributed by atoms with van der Waals surface area (Å²) in [6.45, 7) is 7.51. The monoisotopic (exact) mass is 535 g/mol. The first-order valence-corrected chi connectivity index (χ1v) is 13.7. The zero-order chi connectivity index (χ0) is 26.9. The van der Waals surface area contributed by atoms with E-state index < -0.39 is 5.97 Å². The lowest BCUT2D eigenvalue weighted by molar-refractivity contribution is -0.138. The van der Waals surface area contributed by atoms with Gasteiger partial charge in [0.1, 0.15) is 6.07 Å². The van der Waals surface area contributed by atoms with Gasteiger partial charge >= 0.3 is 5.97 Å². The van der Waals surface area contributed by atoms with E-state index >= 15 is 0 Å². The number of hydrogen-bond donors (Lipinski definition) is 1. The number of aliphatic carboxylic acids is 1. The molecule has 38 heavy (non-hydrogen) atoms. The summed E-state index contributed by atoms with van der Waals surface area (Å²) in [4.78, 5) is 32.4. The fourth-order valence-electron chi connectivity index (χ4n) is 6.34. The number of benzene rings is 2. The first-order valence-electron chi connectivity index (χ1n) is 13.3. The van der Waals surface area contributed by atoms with E-state index in [0.717, 1.165) is 50.3 Å². The van der Waals surface area contributed by atoms with Crippen LogP contribution < -0.4 is 9.80 Å². The average Bonchev–Trinajstić information content (AvgIpc) is 3.24. The van der Waals surface area contributed by atoms with E-state index in [2.05, 4.69) is 22.8 Å². The summed E-state index contributed by atoms with van der Waals surface area (Å²) in [5.41, 5.74) is 3.69. The molecule has 2 aromatic rings. The Hall–Kier alpha value is -3.28. The first-order chi connectivity index (χ1) is 18.3. The van der Waals surface area contributed by atoms with Gasteiger partial charge in [0, 0.05) is 68.8 Å². The molecule has 0 aromatic heterocycles. The van der Waals surface area contributed by atoms with Crippen molar-refractivity contribution in [3.8, 4) is 6.07 Å². The zero-order valence-corrected chi connectivity index (χ0v) is 22.5. The lowest BCUT2D eigenvalue weighted by Gasteiger charge is -2.40. The van der Waals surface area contributed by atoms with Crippen LogP contribution in [0.3, 0.4) is 0 Å². The van der Waals surface area contributed by atoms with Crippen LogP contribution in [0.25, 0.3) is 0 Å². The molecule has 0 saturated carbocycles. The summed E-state index contributed by atoms with van der Waals surface area (Å²) in [5, 5.41) is 18.7. The third-order valence-corrected chi connectivity index (χ3v) is 8.81. The molecule has 3 fully saturated rings. The van der Waals surface area contributed by atoms with Crippen molar-refractivity contribution in [2.24, 2.45) is 5.41 Å². The molecule has 8 nitrogen and oxygen atoms in total. The number of nitrogens with zero attached hydrogens (tertiary/aromatic N) is 5. The van der Waals surface area contributed by atoms with Crippen molar-refractivity contribution in [3.05, 3.63) is 58.6 Å². The molecule has 3 aliphatic heterocycles. The Morgan fingerprint density at radius 2 is 1.68 bits per heavy atom. The standard InChI is InChI=1S/C29H34ClN5O3/c1-21-17-29(20-35(21)25-7-4-23(18-31)26(30)16-25)8-10-33(11-9-29)24-5-2-22(3-6-24)28(38)34-14-12-32(13-15-34)19-27(36)37/h2-7,16,21H,8-15,17,19-20H2,1H3,(H,36,37). The molecule has 1 atom stereocenters. The van der Waals surface area contributed by atoms with Crippen molar-refractivity contribution in [1.82, 2.24) is 9.80 Å². The van der Waals surface area contributed by atoms with Crippen molar-refractivity contribution in [2.75, 3.05) is 62.2 Å². The zero-order valence-electron chi connectivity index (χ0n) is 21.8. The van der Waals surface area contributed by atoms with Gasteiger partial charge in [0.25, 0.3) is 5.91 Å². The summed E-state index contributed by atoms with van der Waals surface area (Å²) in [6, 6.07) is 16.2. The van der Waals surface area contributed by atoms with E-state index in [1.54, 1.807) is 0 Å². The van der Waals surface area contributed by atoms with Crippen LogP contribution in [0, 0.1) is 16.7 Å². The third-order valence-electron chi connectivity index (χ3n) is 8.49. The molecule has 9 heteroatoms. The van der Waals surface area contributed by atoms with Crippen LogP contribution >= 0.6 is 11.6 Å². The third kappa shape index (κ3) is 5.45. The lowest BCUT2D eigenvalue weighted by Crippen LogP contribution is -2.49. The molecule has 5 rings (SSSR count). The number of carbonyl (C=O) groups excluding carboxylic acids is 1. The molecule has 1 unspecified atom stereocenters. The van der Waals surface area contributed by atoms with Crippen LogP contribution in [0.15, 0.2) is 42.5 Å². The summed E-state index contributed by atoms with van der Waals surface area (Å²) in [5.74, 6) is -0.827. The first kappa shape index (κ1) is 26.3. The smallest absolute Gasteiger partial charge is 0.317 e. The van der Waals surface area contributed by atoms with Gasteiger partial charge in [-0.2, -0.15) is 5.26 Å². The normalized spacial score (nSPS) is 21.5. The second-order valence-electron chi connectivity index (χ2n) is 11.0. The topological polar surface area (TPSA) is 91.1 Å². The quantitative estimate of drug-likeness (QED) is 0.620. The van der Waals surface area contributed by atoms with Crippen molar-refractivity contribution >= 4 is 34.9 Å². The maximum absolute atomic E-state index is 13.0. The number of piperazine rings is 1. The number of amides is 1. The fourth-order valence-corrected chi connectivity index (χ4v) is 6.55. The minimum Gasteiger partial charge on any atom is -0.480 e. The van der Waals surface area contributed by atoms with Crippen LogP contribution in [0.2, 0.25) is 5.02 Å². The van der Waals surface area contributed by atoms with Crippen molar-refractivity contribution in [2.45, 2.75) is 32.2 Å². The molecule has 3 aliphatic rings. The maximum Gasteiger partial charge on any atom is 0.317 e. The molecular formula is C29H34ClN5O3. The second-order valence-corrected chi connectivity index (χ2v) is 11.4. The van der Waals surface area contributed by atoms with Crippen LogP contribution in [-0.2, 0) is 4.79 Å². The summed E-state index contributed by atoms with van der Waals surface area (Å²) < 4.78 is 0. The summed E-state index contributed by atoms with van der Waals surface area (Å²) in [7, 11) is 0. The minimum absolute atomic E-state index is 0.00654. The van der Waals surface area contributed by atoms with Gasteiger partial charge in [-0.3, -0.25) is 14.5 Å². The number of carboxylic acids is 1. The van der Waals surface area contributed by atoms with Gasteiger partial charge in [-0.25, -0.2) is 0 Å². The molecule has 1 N–H and O–H groups in total. The van der Waals surface area contributed by atoms with E-state index in [9.17, 15) is 14.9 Å². The molecule has 1 spiro atoms. The van der Waals surface area contributed by atoms with E-state index in [-0.39, 0.29) is 17.9 Å². The highest BCUT2D eigenvalue weighted by atomic mass is 35.5. The number of halogens is 1. The molecule has 3 saturated heterocycles. The van der Waals surface area contributed by atoms with E-state index in [4.69, 9.17) is 16.7 Å². The van der Waals surface area contributed by atoms with Crippen LogP contribution in [0.4, 0.5) is 11.4 Å². The molecule has 2 aromatic carbocycles. The molecular weight excluding hydrogens is 502 g/mol. The molecule has 0 aliphatic carbocycles. The van der Waals surface area contributed by atoms with Crippen LogP contribution in [-0.4, -0.2) is 85.2 Å². The minimum atomic E-state index is -0.833. The van der Waals surface area contributed by atoms with Crippen molar-refractivity contribution in [3.63, 3.8) is 0 Å². The number of nitriles is 1.